The first-order valence-electron chi connectivity index (χ1n) is 13.5. The first kappa shape index (κ1) is 26.4. The molecule has 1 nitrogen and oxygen atoms in total. The van der Waals surface area contributed by atoms with E-state index in [2.05, 4.69) is 170 Å². The zero-order valence-corrected chi connectivity index (χ0v) is 24.0. The van der Waals surface area contributed by atoms with Gasteiger partial charge in [-0.2, -0.15) is 0 Å². The van der Waals surface area contributed by atoms with Gasteiger partial charge in [0.2, 0.25) is 0 Å². The summed E-state index contributed by atoms with van der Waals surface area (Å²) in [6.45, 7) is 0. The standard InChI is InChI=1S/C37H31NP2/c38-37(33-25-13-15-27-35(33)39(29-17-5-1-6-18-29)30-19-7-2-8-20-30)34-26-14-16-28-36(34)40(31-21-9-3-10-22-31)32-23-11-4-12-24-32/h1-28,37H,38H2. The van der Waals surface area contributed by atoms with Gasteiger partial charge in [0.15, 0.2) is 0 Å². The molecule has 0 saturated carbocycles. The highest BCUT2D eigenvalue weighted by Crippen LogP contribution is 2.39. The van der Waals surface area contributed by atoms with Crippen LogP contribution in [0.15, 0.2) is 170 Å². The van der Waals surface area contributed by atoms with Crippen molar-refractivity contribution in [3.05, 3.63) is 181 Å². The summed E-state index contributed by atoms with van der Waals surface area (Å²) in [5.74, 6) is 0. The third kappa shape index (κ3) is 5.56. The molecule has 3 heteroatoms. The van der Waals surface area contributed by atoms with Crippen LogP contribution in [0.25, 0.3) is 0 Å². The number of benzene rings is 6. The molecule has 40 heavy (non-hydrogen) atoms. The van der Waals surface area contributed by atoms with Crippen LogP contribution in [-0.4, -0.2) is 0 Å². The highest BCUT2D eigenvalue weighted by molar-refractivity contribution is 7.80. The minimum absolute atomic E-state index is 0.262. The van der Waals surface area contributed by atoms with Gasteiger partial charge in [0.1, 0.15) is 0 Å². The molecule has 0 radical (unpaired) electrons. The SMILES string of the molecule is NC(c1ccccc1P(c1ccccc1)c1ccccc1)c1ccccc1P(c1ccccc1)c1ccccc1. The molecular weight excluding hydrogens is 520 g/mol. The molecule has 0 aliphatic rings. The minimum Gasteiger partial charge on any atom is -0.320 e. The molecular formula is C37H31NP2. The Morgan fingerprint density at radius 3 is 0.875 bits per heavy atom. The molecule has 0 aliphatic carbocycles. The van der Waals surface area contributed by atoms with E-state index in [4.69, 9.17) is 5.73 Å². The second-order valence-electron chi connectivity index (χ2n) is 9.61. The van der Waals surface area contributed by atoms with E-state index in [0.717, 1.165) is 0 Å². The van der Waals surface area contributed by atoms with Crippen molar-refractivity contribution in [2.45, 2.75) is 6.04 Å². The number of hydrogen-bond acceptors (Lipinski definition) is 1. The first-order valence-corrected chi connectivity index (χ1v) is 16.2. The van der Waals surface area contributed by atoms with E-state index in [1.165, 1.54) is 43.0 Å². The van der Waals surface area contributed by atoms with Crippen molar-refractivity contribution < 1.29 is 0 Å². The van der Waals surface area contributed by atoms with Crippen LogP contribution in [-0.2, 0) is 0 Å². The Hall–Kier alpha value is -3.86. The van der Waals surface area contributed by atoms with E-state index in [0.29, 0.717) is 0 Å². The number of hydrogen-bond donors (Lipinski definition) is 1. The molecule has 0 aromatic heterocycles. The smallest absolute Gasteiger partial charge is 0.0564 e. The second-order valence-corrected chi connectivity index (χ2v) is 14.0. The topological polar surface area (TPSA) is 26.0 Å². The normalized spacial score (nSPS) is 11.3. The molecule has 0 unspecified atom stereocenters. The van der Waals surface area contributed by atoms with Gasteiger partial charge in [-0.1, -0.05) is 170 Å². The van der Waals surface area contributed by atoms with E-state index in [9.17, 15) is 0 Å². The van der Waals surface area contributed by atoms with Gasteiger partial charge in [-0.3, -0.25) is 0 Å². The average Bonchev–Trinajstić information content (AvgIpc) is 3.04. The molecule has 0 amide bonds. The lowest BCUT2D eigenvalue weighted by Crippen LogP contribution is -2.31. The van der Waals surface area contributed by atoms with Gasteiger partial charge in [0.25, 0.3) is 0 Å². The zero-order valence-electron chi connectivity index (χ0n) is 22.2. The van der Waals surface area contributed by atoms with Crippen LogP contribution in [0.1, 0.15) is 17.2 Å². The minimum atomic E-state index is -0.777. The fourth-order valence-electron chi connectivity index (χ4n) is 5.24. The van der Waals surface area contributed by atoms with Gasteiger partial charge in [0.05, 0.1) is 6.04 Å². The molecule has 0 aliphatic heterocycles. The highest BCUT2D eigenvalue weighted by Gasteiger charge is 2.26. The van der Waals surface area contributed by atoms with Crippen molar-refractivity contribution in [1.82, 2.24) is 0 Å². The van der Waals surface area contributed by atoms with E-state index in [1.54, 1.807) is 0 Å². The van der Waals surface area contributed by atoms with E-state index < -0.39 is 15.8 Å². The molecule has 194 valence electrons. The van der Waals surface area contributed by atoms with Crippen LogP contribution in [0.4, 0.5) is 0 Å². The van der Waals surface area contributed by atoms with Gasteiger partial charge in [-0.05, 0) is 58.8 Å². The summed E-state index contributed by atoms with van der Waals surface area (Å²) in [7, 11) is -1.55. The zero-order chi connectivity index (χ0) is 27.1. The largest absolute Gasteiger partial charge is 0.320 e. The molecule has 0 saturated heterocycles. The van der Waals surface area contributed by atoms with E-state index in [-0.39, 0.29) is 6.04 Å². The van der Waals surface area contributed by atoms with Crippen molar-refractivity contribution in [3.8, 4) is 0 Å². The summed E-state index contributed by atoms with van der Waals surface area (Å²) < 4.78 is 0. The van der Waals surface area contributed by atoms with Gasteiger partial charge in [-0.15, -0.1) is 0 Å². The predicted octanol–water partition coefficient (Wildman–Crippen LogP) is 6.25. The molecule has 0 bridgehead atoms. The fourth-order valence-corrected chi connectivity index (χ4v) is 10.2. The molecule has 0 spiro atoms. The van der Waals surface area contributed by atoms with E-state index in [1.807, 2.05) is 0 Å². The Morgan fingerprint density at radius 2 is 0.575 bits per heavy atom. The number of nitrogens with two attached hydrogens (primary N) is 1. The first-order chi connectivity index (χ1) is 19.8. The van der Waals surface area contributed by atoms with Crippen LogP contribution in [0, 0.1) is 0 Å². The molecule has 2 N–H and O–H groups in total. The van der Waals surface area contributed by atoms with Crippen molar-refractivity contribution in [3.63, 3.8) is 0 Å². The molecule has 0 fully saturated rings. The van der Waals surface area contributed by atoms with Crippen molar-refractivity contribution in [2.24, 2.45) is 5.73 Å². The summed E-state index contributed by atoms with van der Waals surface area (Å²) in [5.41, 5.74) is 9.70. The van der Waals surface area contributed by atoms with Crippen LogP contribution < -0.4 is 37.6 Å². The molecule has 6 rings (SSSR count). The van der Waals surface area contributed by atoms with Crippen LogP contribution >= 0.6 is 15.8 Å². The van der Waals surface area contributed by atoms with Gasteiger partial charge >= 0.3 is 0 Å². The van der Waals surface area contributed by atoms with Crippen LogP contribution in [0.2, 0.25) is 0 Å². The maximum absolute atomic E-state index is 7.33. The van der Waals surface area contributed by atoms with Gasteiger partial charge in [0, 0.05) is 0 Å². The lowest BCUT2D eigenvalue weighted by Gasteiger charge is -2.28. The summed E-state index contributed by atoms with van der Waals surface area (Å²) in [4.78, 5) is 0. The summed E-state index contributed by atoms with van der Waals surface area (Å²) in [6, 6.07) is 60.8. The maximum Gasteiger partial charge on any atom is 0.0564 e. The molecule has 6 aromatic carbocycles. The van der Waals surface area contributed by atoms with Gasteiger partial charge in [-0.25, -0.2) is 0 Å². The van der Waals surface area contributed by atoms with Crippen molar-refractivity contribution in [2.75, 3.05) is 0 Å². The fraction of sp³-hybridized carbons (Fsp3) is 0.0270. The number of rotatable bonds is 8. The molecule has 0 heterocycles. The second kappa shape index (κ2) is 12.5. The van der Waals surface area contributed by atoms with Crippen molar-refractivity contribution in [1.29, 1.82) is 0 Å². The lowest BCUT2D eigenvalue weighted by molar-refractivity contribution is 0.885. The Balaban J connectivity index is 1.51. The maximum atomic E-state index is 7.33. The molecule has 0 atom stereocenters. The third-order valence-electron chi connectivity index (χ3n) is 7.08. The summed E-state index contributed by atoms with van der Waals surface area (Å²) >= 11 is 0. The highest BCUT2D eigenvalue weighted by atomic mass is 31.1. The Bertz CT molecular complexity index is 1450. The Kier molecular flexibility index (Phi) is 8.27. The van der Waals surface area contributed by atoms with E-state index >= 15 is 0 Å². The quantitative estimate of drug-likeness (QED) is 0.222. The van der Waals surface area contributed by atoms with Gasteiger partial charge < -0.3 is 5.73 Å². The third-order valence-corrected chi connectivity index (χ3v) is 12.1. The Morgan fingerprint density at radius 1 is 0.325 bits per heavy atom. The van der Waals surface area contributed by atoms with Crippen molar-refractivity contribution >= 4 is 47.7 Å². The summed E-state index contributed by atoms with van der Waals surface area (Å²) in [6.07, 6.45) is 0. The van der Waals surface area contributed by atoms with Crippen LogP contribution in [0.3, 0.4) is 0 Å². The average molecular weight is 552 g/mol. The van der Waals surface area contributed by atoms with Crippen LogP contribution in [0.5, 0.6) is 0 Å². The monoisotopic (exact) mass is 551 g/mol. The predicted molar refractivity (Wildman–Crippen MR) is 176 cm³/mol. The lowest BCUT2D eigenvalue weighted by atomic mass is 9.99. The molecule has 6 aromatic rings. The Labute approximate surface area is 239 Å². The summed E-state index contributed by atoms with van der Waals surface area (Å²) in [5, 5.41) is 7.92.